The fourth-order valence-corrected chi connectivity index (χ4v) is 3.69. The predicted octanol–water partition coefficient (Wildman–Crippen LogP) is 3.98. The molecule has 3 amide bonds. The van der Waals surface area contributed by atoms with Gasteiger partial charge in [-0.15, -0.1) is 0 Å². The third-order valence-corrected chi connectivity index (χ3v) is 5.11. The minimum atomic E-state index is -1.29. The van der Waals surface area contributed by atoms with Crippen LogP contribution in [-0.4, -0.2) is 31.1 Å². The van der Waals surface area contributed by atoms with Crippen molar-refractivity contribution in [1.29, 1.82) is 0 Å². The molecular weight excluding hydrogens is 391 g/mol. The highest BCUT2D eigenvalue weighted by Crippen LogP contribution is 2.36. The lowest BCUT2D eigenvalue weighted by Gasteiger charge is -2.23. The van der Waals surface area contributed by atoms with Crippen molar-refractivity contribution in [3.63, 3.8) is 0 Å². The second kappa shape index (κ2) is 7.29. The second-order valence-electron chi connectivity index (χ2n) is 6.25. The summed E-state index contributed by atoms with van der Waals surface area (Å²) in [6.45, 7) is 1.65. The van der Waals surface area contributed by atoms with Crippen molar-refractivity contribution in [3.8, 4) is 11.5 Å². The van der Waals surface area contributed by atoms with Gasteiger partial charge in [0.1, 0.15) is 17.0 Å². The van der Waals surface area contributed by atoms with Gasteiger partial charge >= 0.3 is 6.03 Å². The van der Waals surface area contributed by atoms with Crippen LogP contribution in [0.15, 0.2) is 36.4 Å². The number of benzene rings is 2. The number of rotatable bonds is 5. The molecule has 0 aliphatic carbocycles. The van der Waals surface area contributed by atoms with E-state index in [2.05, 4.69) is 5.32 Å². The monoisotopic (exact) mass is 408 g/mol. The highest BCUT2D eigenvalue weighted by Gasteiger charge is 2.50. The summed E-state index contributed by atoms with van der Waals surface area (Å²) in [7, 11) is 3.06. The number of nitrogens with zero attached hydrogens (tertiary/aromatic N) is 1. The van der Waals surface area contributed by atoms with Crippen LogP contribution in [0.3, 0.4) is 0 Å². The van der Waals surface area contributed by atoms with Gasteiger partial charge in [-0.25, -0.2) is 4.79 Å². The summed E-state index contributed by atoms with van der Waals surface area (Å²) in [6, 6.07) is 9.48. The number of methoxy groups -OCH3 is 2. The SMILES string of the molecule is COc1ccc(OC)c(CN2C(=O)N[C@@](C)(c3ccc(Cl)cc3Cl)C2=O)c1. The van der Waals surface area contributed by atoms with E-state index >= 15 is 0 Å². The molecule has 0 saturated carbocycles. The minimum Gasteiger partial charge on any atom is -0.497 e. The highest BCUT2D eigenvalue weighted by molar-refractivity contribution is 6.35. The first-order chi connectivity index (χ1) is 12.8. The van der Waals surface area contributed by atoms with Gasteiger partial charge in [0.15, 0.2) is 0 Å². The lowest BCUT2D eigenvalue weighted by Crippen LogP contribution is -2.41. The van der Waals surface area contributed by atoms with Crippen LogP contribution in [-0.2, 0) is 16.9 Å². The molecule has 0 unspecified atom stereocenters. The number of hydrogen-bond donors (Lipinski definition) is 1. The lowest BCUT2D eigenvalue weighted by molar-refractivity contribution is -0.131. The molecular formula is C19H18Cl2N2O4. The van der Waals surface area contributed by atoms with Crippen LogP contribution < -0.4 is 14.8 Å². The van der Waals surface area contributed by atoms with Crippen molar-refractivity contribution in [2.24, 2.45) is 0 Å². The molecule has 1 aliphatic rings. The van der Waals surface area contributed by atoms with Gasteiger partial charge in [-0.2, -0.15) is 0 Å². The topological polar surface area (TPSA) is 67.9 Å². The Morgan fingerprint density at radius 3 is 2.44 bits per heavy atom. The Morgan fingerprint density at radius 1 is 1.07 bits per heavy atom. The Hall–Kier alpha value is -2.44. The fourth-order valence-electron chi connectivity index (χ4n) is 3.09. The summed E-state index contributed by atoms with van der Waals surface area (Å²) in [5, 5.41) is 3.48. The molecule has 1 saturated heterocycles. The van der Waals surface area contributed by atoms with Crippen LogP contribution in [0.25, 0.3) is 0 Å². The van der Waals surface area contributed by atoms with Gasteiger partial charge in [-0.05, 0) is 37.3 Å². The molecule has 142 valence electrons. The average Bonchev–Trinajstić information content (AvgIpc) is 2.85. The molecule has 1 N–H and O–H groups in total. The molecule has 0 radical (unpaired) electrons. The molecule has 0 spiro atoms. The Morgan fingerprint density at radius 2 is 1.81 bits per heavy atom. The van der Waals surface area contributed by atoms with E-state index in [1.54, 1.807) is 44.4 Å². The molecule has 2 aromatic rings. The van der Waals surface area contributed by atoms with E-state index in [0.29, 0.717) is 32.7 Å². The van der Waals surface area contributed by atoms with Crippen molar-refractivity contribution in [1.82, 2.24) is 10.2 Å². The number of ether oxygens (including phenoxy) is 2. The molecule has 0 aromatic heterocycles. The third-order valence-electron chi connectivity index (χ3n) is 4.56. The standard InChI is InChI=1S/C19H18Cl2N2O4/c1-19(14-6-4-12(20)9-15(14)21)17(24)23(18(25)22-19)10-11-8-13(26-2)5-7-16(11)27-3/h4-9H,10H2,1-3H3,(H,22,25)/t19-/m0/s1. The first-order valence-electron chi connectivity index (χ1n) is 8.10. The number of amides is 3. The van der Waals surface area contributed by atoms with Crippen LogP contribution in [0, 0.1) is 0 Å². The zero-order valence-electron chi connectivity index (χ0n) is 15.0. The van der Waals surface area contributed by atoms with Crippen LogP contribution in [0.5, 0.6) is 11.5 Å². The summed E-state index contributed by atoms with van der Waals surface area (Å²) >= 11 is 12.2. The summed E-state index contributed by atoms with van der Waals surface area (Å²) in [6.07, 6.45) is 0. The van der Waals surface area contributed by atoms with E-state index in [4.69, 9.17) is 32.7 Å². The molecule has 1 aliphatic heterocycles. The van der Waals surface area contributed by atoms with E-state index in [-0.39, 0.29) is 6.54 Å². The van der Waals surface area contributed by atoms with Gasteiger partial charge in [0.2, 0.25) is 0 Å². The average molecular weight is 409 g/mol. The molecule has 1 heterocycles. The van der Waals surface area contributed by atoms with Crippen LogP contribution in [0.1, 0.15) is 18.1 Å². The van der Waals surface area contributed by atoms with E-state index in [9.17, 15) is 9.59 Å². The molecule has 8 heteroatoms. The highest BCUT2D eigenvalue weighted by atomic mass is 35.5. The van der Waals surface area contributed by atoms with Gasteiger partial charge in [0.25, 0.3) is 5.91 Å². The molecule has 1 fully saturated rings. The quantitative estimate of drug-likeness (QED) is 0.759. The Bertz CT molecular complexity index is 919. The first kappa shape index (κ1) is 19.3. The fraction of sp³-hybridized carbons (Fsp3) is 0.263. The lowest BCUT2D eigenvalue weighted by atomic mass is 9.92. The summed E-state index contributed by atoms with van der Waals surface area (Å²) in [4.78, 5) is 26.8. The summed E-state index contributed by atoms with van der Waals surface area (Å²) < 4.78 is 10.6. The largest absolute Gasteiger partial charge is 0.497 e. The van der Waals surface area contributed by atoms with Crippen LogP contribution in [0.4, 0.5) is 4.79 Å². The molecule has 27 heavy (non-hydrogen) atoms. The molecule has 6 nitrogen and oxygen atoms in total. The van der Waals surface area contributed by atoms with Crippen molar-refractivity contribution in [2.45, 2.75) is 19.0 Å². The maximum absolute atomic E-state index is 13.1. The van der Waals surface area contributed by atoms with Crippen LogP contribution >= 0.6 is 23.2 Å². The number of urea groups is 1. The number of nitrogens with one attached hydrogen (secondary N) is 1. The number of halogens is 2. The number of imide groups is 1. The van der Waals surface area contributed by atoms with E-state index in [1.807, 2.05) is 0 Å². The normalized spacial score (nSPS) is 19.2. The maximum Gasteiger partial charge on any atom is 0.325 e. The minimum absolute atomic E-state index is 0.0336. The second-order valence-corrected chi connectivity index (χ2v) is 7.09. The van der Waals surface area contributed by atoms with Gasteiger partial charge in [-0.3, -0.25) is 9.69 Å². The van der Waals surface area contributed by atoms with E-state index in [0.717, 1.165) is 4.90 Å². The van der Waals surface area contributed by atoms with Crippen molar-refractivity contribution in [3.05, 3.63) is 57.6 Å². The molecule has 2 aromatic carbocycles. The zero-order valence-corrected chi connectivity index (χ0v) is 16.5. The van der Waals surface area contributed by atoms with Gasteiger partial charge < -0.3 is 14.8 Å². The zero-order chi connectivity index (χ0) is 19.8. The van der Waals surface area contributed by atoms with Crippen molar-refractivity contribution >= 4 is 35.1 Å². The van der Waals surface area contributed by atoms with E-state index in [1.165, 1.54) is 13.2 Å². The predicted molar refractivity (Wildman–Crippen MR) is 102 cm³/mol. The van der Waals surface area contributed by atoms with Crippen molar-refractivity contribution < 1.29 is 19.1 Å². The Balaban J connectivity index is 1.95. The third kappa shape index (κ3) is 3.42. The summed E-state index contributed by atoms with van der Waals surface area (Å²) in [5.74, 6) is 0.734. The van der Waals surface area contributed by atoms with Gasteiger partial charge in [-0.1, -0.05) is 29.3 Å². The maximum atomic E-state index is 13.1. The summed E-state index contributed by atoms with van der Waals surface area (Å²) in [5.41, 5.74) is -0.163. The Kier molecular flexibility index (Phi) is 5.22. The molecule has 1 atom stereocenters. The van der Waals surface area contributed by atoms with Gasteiger partial charge in [0.05, 0.1) is 20.8 Å². The van der Waals surface area contributed by atoms with Gasteiger partial charge in [0, 0.05) is 21.2 Å². The number of carbonyl (C=O) groups excluding carboxylic acids is 2. The smallest absolute Gasteiger partial charge is 0.325 e. The number of hydrogen-bond acceptors (Lipinski definition) is 4. The van der Waals surface area contributed by atoms with Crippen LogP contribution in [0.2, 0.25) is 10.0 Å². The Labute approximate surface area is 167 Å². The first-order valence-corrected chi connectivity index (χ1v) is 8.86. The molecule has 3 rings (SSSR count). The number of carbonyl (C=O) groups is 2. The van der Waals surface area contributed by atoms with Crippen molar-refractivity contribution in [2.75, 3.05) is 14.2 Å². The van der Waals surface area contributed by atoms with E-state index < -0.39 is 17.5 Å². The molecule has 0 bridgehead atoms.